The van der Waals surface area contributed by atoms with Crippen molar-refractivity contribution in [1.29, 1.82) is 0 Å². The highest BCUT2D eigenvalue weighted by molar-refractivity contribution is 5.96. The molecule has 1 saturated heterocycles. The zero-order chi connectivity index (χ0) is 21.5. The smallest absolute Gasteiger partial charge is 0.296 e. The molecule has 8 heteroatoms. The highest BCUT2D eigenvalue weighted by atomic mass is 35.5. The van der Waals surface area contributed by atoms with Crippen molar-refractivity contribution in [2.45, 2.75) is 69.9 Å². The van der Waals surface area contributed by atoms with Gasteiger partial charge in [0.1, 0.15) is 11.6 Å². The van der Waals surface area contributed by atoms with Crippen molar-refractivity contribution in [1.82, 2.24) is 9.55 Å². The summed E-state index contributed by atoms with van der Waals surface area (Å²) in [6.07, 6.45) is 3.43. The maximum atomic E-state index is 13.2. The fraction of sp³-hybridized carbons (Fsp3) is 0.522. The van der Waals surface area contributed by atoms with E-state index in [2.05, 4.69) is 4.98 Å². The van der Waals surface area contributed by atoms with Crippen LogP contribution in [0, 0.1) is 5.82 Å². The molecule has 4 heterocycles. The summed E-state index contributed by atoms with van der Waals surface area (Å²) in [5, 5.41) is 10.6. The highest BCUT2D eigenvalue weighted by Crippen LogP contribution is 2.44. The summed E-state index contributed by atoms with van der Waals surface area (Å²) in [5.41, 5.74) is -0.355. The first-order valence-electron chi connectivity index (χ1n) is 10.7. The number of aromatic nitrogens is 2. The molecule has 3 aliphatic rings. The summed E-state index contributed by atoms with van der Waals surface area (Å²) >= 11 is 0. The Morgan fingerprint density at radius 1 is 1.32 bits per heavy atom. The lowest BCUT2D eigenvalue weighted by Gasteiger charge is -2.35. The molecular formula is C23H28ClFN2O4. The lowest BCUT2D eigenvalue weighted by atomic mass is 9.78. The zero-order valence-corrected chi connectivity index (χ0v) is 18.6. The number of aryl methyl sites for hydroxylation is 1. The van der Waals surface area contributed by atoms with E-state index in [9.17, 15) is 19.1 Å². The number of rotatable bonds is 6. The summed E-state index contributed by atoms with van der Waals surface area (Å²) < 4.78 is 20.8. The van der Waals surface area contributed by atoms with Gasteiger partial charge in [-0.1, -0.05) is 26.0 Å². The fourth-order valence-corrected chi connectivity index (χ4v) is 4.80. The maximum Gasteiger partial charge on any atom is 0.296 e. The lowest BCUT2D eigenvalue weighted by molar-refractivity contribution is -0.0416. The van der Waals surface area contributed by atoms with E-state index in [1.807, 2.05) is 13.8 Å². The quantitative estimate of drug-likeness (QED) is 0.669. The molecule has 0 aliphatic carbocycles. The normalized spacial score (nSPS) is 24.2. The molecule has 3 atom stereocenters. The molecule has 2 aromatic rings. The number of aromatic hydroxyl groups is 1. The molecule has 0 amide bonds. The lowest BCUT2D eigenvalue weighted by Crippen LogP contribution is -2.39. The van der Waals surface area contributed by atoms with Crippen molar-refractivity contribution in [2.24, 2.45) is 0 Å². The van der Waals surface area contributed by atoms with E-state index in [1.165, 1.54) is 12.1 Å². The van der Waals surface area contributed by atoms with Crippen LogP contribution in [0.3, 0.4) is 0 Å². The maximum absolute atomic E-state index is 13.2. The topological polar surface area (TPSA) is 81.4 Å². The van der Waals surface area contributed by atoms with Crippen LogP contribution < -0.4 is 5.56 Å². The predicted octanol–water partition coefficient (Wildman–Crippen LogP) is 4.12. The van der Waals surface area contributed by atoms with Gasteiger partial charge < -0.3 is 9.84 Å². The Balaban J connectivity index is 0.00000272. The molecule has 0 saturated carbocycles. The monoisotopic (exact) mass is 450 g/mol. The molecule has 3 aliphatic heterocycles. The SMILES string of the molecule is CCC1C2CCC(CC)(CO2)c2nc(C(=O)CCc3ccc(F)cc3)c(O)c(=O)n21.Cl. The van der Waals surface area contributed by atoms with Crippen LogP contribution in [0.25, 0.3) is 0 Å². The Bertz CT molecular complexity index is 1010. The van der Waals surface area contributed by atoms with Gasteiger partial charge in [0.15, 0.2) is 11.5 Å². The van der Waals surface area contributed by atoms with E-state index < -0.39 is 22.5 Å². The molecule has 6 nitrogen and oxygen atoms in total. The highest BCUT2D eigenvalue weighted by Gasteiger charge is 2.47. The van der Waals surface area contributed by atoms with E-state index in [4.69, 9.17) is 4.74 Å². The van der Waals surface area contributed by atoms with E-state index >= 15 is 0 Å². The number of ether oxygens (including phenoxy) is 1. The fourth-order valence-electron chi connectivity index (χ4n) is 4.80. The minimum atomic E-state index is -0.589. The summed E-state index contributed by atoms with van der Waals surface area (Å²) in [6.45, 7) is 4.49. The van der Waals surface area contributed by atoms with Crippen LogP contribution in [-0.4, -0.2) is 33.2 Å². The Morgan fingerprint density at radius 3 is 2.61 bits per heavy atom. The van der Waals surface area contributed by atoms with Gasteiger partial charge in [0.05, 0.1) is 24.2 Å². The van der Waals surface area contributed by atoms with Crippen molar-refractivity contribution in [2.75, 3.05) is 6.61 Å². The number of fused-ring (bicyclic) bond motifs is 2. The van der Waals surface area contributed by atoms with Crippen molar-refractivity contribution < 1.29 is 19.0 Å². The number of benzene rings is 1. The minimum Gasteiger partial charge on any atom is -0.501 e. The molecular weight excluding hydrogens is 423 g/mol. The first kappa shape index (κ1) is 23.4. The molecule has 5 rings (SSSR count). The number of carbonyl (C=O) groups is 1. The molecule has 31 heavy (non-hydrogen) atoms. The van der Waals surface area contributed by atoms with Gasteiger partial charge in [-0.05, 0) is 49.8 Å². The second-order valence-electron chi connectivity index (χ2n) is 8.36. The van der Waals surface area contributed by atoms with Gasteiger partial charge >= 0.3 is 0 Å². The third-order valence-electron chi connectivity index (χ3n) is 6.72. The van der Waals surface area contributed by atoms with Gasteiger partial charge in [-0.15, -0.1) is 12.4 Å². The summed E-state index contributed by atoms with van der Waals surface area (Å²) in [6, 6.07) is 5.73. The summed E-state index contributed by atoms with van der Waals surface area (Å²) in [7, 11) is 0. The van der Waals surface area contributed by atoms with Gasteiger partial charge in [-0.25, -0.2) is 9.37 Å². The number of ketones is 1. The van der Waals surface area contributed by atoms with E-state index in [0.29, 0.717) is 25.3 Å². The average molecular weight is 451 g/mol. The zero-order valence-electron chi connectivity index (χ0n) is 17.8. The molecule has 1 N–H and O–H groups in total. The van der Waals surface area contributed by atoms with Crippen LogP contribution in [-0.2, 0) is 16.6 Å². The second kappa shape index (κ2) is 9.09. The summed E-state index contributed by atoms with van der Waals surface area (Å²) in [5.74, 6) is -0.759. The van der Waals surface area contributed by atoms with E-state index in [0.717, 1.165) is 24.8 Å². The van der Waals surface area contributed by atoms with Gasteiger partial charge in [-0.3, -0.25) is 14.2 Å². The summed E-state index contributed by atoms with van der Waals surface area (Å²) in [4.78, 5) is 30.7. The first-order chi connectivity index (χ1) is 14.4. The third-order valence-corrected chi connectivity index (χ3v) is 6.72. The predicted molar refractivity (Wildman–Crippen MR) is 117 cm³/mol. The Hall–Kier alpha value is -2.25. The van der Waals surface area contributed by atoms with Gasteiger partial charge in [0.25, 0.3) is 5.56 Å². The van der Waals surface area contributed by atoms with Crippen LogP contribution in [0.5, 0.6) is 5.75 Å². The molecule has 2 bridgehead atoms. The number of nitrogens with zero attached hydrogens (tertiary/aromatic N) is 2. The number of halogens is 2. The number of hydrogen-bond acceptors (Lipinski definition) is 5. The van der Waals surface area contributed by atoms with Crippen molar-refractivity contribution in [3.8, 4) is 5.75 Å². The van der Waals surface area contributed by atoms with Crippen LogP contribution in [0.4, 0.5) is 4.39 Å². The van der Waals surface area contributed by atoms with Crippen LogP contribution in [0.2, 0.25) is 0 Å². The molecule has 1 aromatic heterocycles. The average Bonchev–Trinajstić information content (AvgIpc) is 2.98. The Kier molecular flexibility index (Phi) is 6.86. The van der Waals surface area contributed by atoms with Crippen LogP contribution >= 0.6 is 12.4 Å². The standard InChI is InChI=1S/C23H27FN2O4.ClH/c1-3-16-18-11-12-23(4-2,13-30-18)22-25-19(20(28)21(29)26(16)22)17(27)10-7-14-5-8-15(24)9-6-14;/h5-6,8-9,16,18,28H,3-4,7,10-13H2,1-2H3;1H. The van der Waals surface area contributed by atoms with E-state index in [1.54, 1.807) is 16.7 Å². The number of carbonyl (C=O) groups excluding carboxylic acids is 1. The number of Topliss-reactive ketones (excluding diaryl/α,β-unsaturated/α-hetero) is 1. The van der Waals surface area contributed by atoms with Crippen molar-refractivity contribution in [3.05, 3.63) is 57.5 Å². The number of hydrogen-bond donors (Lipinski definition) is 1. The van der Waals surface area contributed by atoms with Crippen molar-refractivity contribution >= 4 is 18.2 Å². The van der Waals surface area contributed by atoms with E-state index in [-0.39, 0.29) is 42.5 Å². The molecule has 0 radical (unpaired) electrons. The van der Waals surface area contributed by atoms with Gasteiger partial charge in [-0.2, -0.15) is 0 Å². The molecule has 1 aromatic carbocycles. The molecule has 0 spiro atoms. The van der Waals surface area contributed by atoms with Crippen LogP contribution in [0.15, 0.2) is 29.1 Å². The van der Waals surface area contributed by atoms with Gasteiger partial charge in [0, 0.05) is 6.42 Å². The first-order valence-corrected chi connectivity index (χ1v) is 10.7. The third kappa shape index (κ3) is 4.01. The minimum absolute atomic E-state index is 0. The Labute approximate surface area is 186 Å². The van der Waals surface area contributed by atoms with Crippen molar-refractivity contribution in [3.63, 3.8) is 0 Å². The van der Waals surface area contributed by atoms with Gasteiger partial charge in [0.2, 0.25) is 5.75 Å². The van der Waals surface area contributed by atoms with Crippen LogP contribution in [0.1, 0.15) is 73.9 Å². The molecule has 1 fully saturated rings. The Morgan fingerprint density at radius 2 is 2.03 bits per heavy atom. The molecule has 3 unspecified atom stereocenters. The second-order valence-corrected chi connectivity index (χ2v) is 8.36. The largest absolute Gasteiger partial charge is 0.501 e. The molecule has 168 valence electrons.